The van der Waals surface area contributed by atoms with Crippen LogP contribution >= 0.6 is 10.9 Å². The van der Waals surface area contributed by atoms with Crippen LogP contribution in [-0.4, -0.2) is 12.5 Å². The highest BCUT2D eigenvalue weighted by Gasteiger charge is 2.29. The van der Waals surface area contributed by atoms with Gasteiger partial charge in [0.2, 0.25) is 0 Å². The predicted molar refractivity (Wildman–Crippen MR) is 50.5 cm³/mol. The van der Waals surface area contributed by atoms with Crippen LogP contribution in [0.3, 0.4) is 0 Å². The molecule has 0 atom stereocenters. The van der Waals surface area contributed by atoms with E-state index in [0.717, 1.165) is 17.0 Å². The van der Waals surface area contributed by atoms with Gasteiger partial charge >= 0.3 is 6.18 Å². The Balaban J connectivity index is 2.94. The van der Waals surface area contributed by atoms with Crippen molar-refractivity contribution >= 4 is 10.9 Å². The van der Waals surface area contributed by atoms with Crippen molar-refractivity contribution < 1.29 is 13.2 Å². The van der Waals surface area contributed by atoms with Gasteiger partial charge < -0.3 is 0 Å². The average Bonchev–Trinajstić information content (AvgIpc) is 2.03. The van der Waals surface area contributed by atoms with Gasteiger partial charge in [0.1, 0.15) is 0 Å². The molecule has 0 fully saturated rings. The van der Waals surface area contributed by atoms with Crippen LogP contribution in [0.25, 0.3) is 0 Å². The van der Waals surface area contributed by atoms with Gasteiger partial charge in [0.05, 0.1) is 5.56 Å². The Hall–Kier alpha value is -0.640. The van der Waals surface area contributed by atoms with Crippen molar-refractivity contribution in [1.29, 1.82) is 0 Å². The maximum atomic E-state index is 12.1. The first-order valence-electron chi connectivity index (χ1n) is 3.76. The van der Waals surface area contributed by atoms with Crippen LogP contribution in [0.5, 0.6) is 0 Å². The van der Waals surface area contributed by atoms with Crippen molar-refractivity contribution in [2.75, 3.05) is 12.5 Å². The Morgan fingerprint density at radius 1 is 1.00 bits per heavy atom. The molecule has 1 aromatic carbocycles. The Morgan fingerprint density at radius 3 is 1.77 bits per heavy atom. The summed E-state index contributed by atoms with van der Waals surface area (Å²) in [4.78, 5) is 0.989. The largest absolute Gasteiger partial charge is 0.416 e. The van der Waals surface area contributed by atoms with E-state index in [4.69, 9.17) is 0 Å². The molecule has 1 rings (SSSR count). The van der Waals surface area contributed by atoms with E-state index in [1.807, 2.05) is 12.5 Å². The number of alkyl halides is 3. The highest BCUT2D eigenvalue weighted by Crippen LogP contribution is 2.33. The summed E-state index contributed by atoms with van der Waals surface area (Å²) in [6, 6.07) is 5.37. The van der Waals surface area contributed by atoms with Crippen molar-refractivity contribution in [2.45, 2.75) is 11.1 Å². The van der Waals surface area contributed by atoms with Gasteiger partial charge in [0.15, 0.2) is 0 Å². The highest BCUT2D eigenvalue weighted by molar-refractivity contribution is 8.15. The molecule has 0 saturated carbocycles. The number of halogens is 3. The molecule has 0 amide bonds. The Bertz CT molecular complexity index is 274. The lowest BCUT2D eigenvalue weighted by Gasteiger charge is -2.11. The molecular formula is C9H11F3S. The first kappa shape index (κ1) is 10.4. The second kappa shape index (κ2) is 3.62. The van der Waals surface area contributed by atoms with Crippen molar-refractivity contribution in [2.24, 2.45) is 0 Å². The van der Waals surface area contributed by atoms with Gasteiger partial charge in [-0.1, -0.05) is 0 Å². The Kier molecular flexibility index (Phi) is 2.91. The monoisotopic (exact) mass is 208 g/mol. The summed E-state index contributed by atoms with van der Waals surface area (Å²) >= 11 is 0. The van der Waals surface area contributed by atoms with Crippen molar-refractivity contribution in [3.05, 3.63) is 29.8 Å². The van der Waals surface area contributed by atoms with Crippen LogP contribution in [0, 0.1) is 0 Å². The van der Waals surface area contributed by atoms with Crippen LogP contribution in [0.15, 0.2) is 29.2 Å². The lowest BCUT2D eigenvalue weighted by Crippen LogP contribution is -2.04. The summed E-state index contributed by atoms with van der Waals surface area (Å²) in [6.07, 6.45) is -0.196. The quantitative estimate of drug-likeness (QED) is 0.672. The normalized spacial score (nSPS) is 12.8. The molecule has 0 unspecified atom stereocenters. The molecule has 0 nitrogen and oxygen atoms in total. The Labute approximate surface area is 78.1 Å². The SMILES string of the molecule is C[SH](C)c1ccc(C(F)(F)F)cc1. The van der Waals surface area contributed by atoms with Gasteiger partial charge in [-0.25, -0.2) is 10.9 Å². The Morgan fingerprint density at radius 2 is 1.46 bits per heavy atom. The molecule has 0 radical (unpaired) electrons. The minimum Gasteiger partial charge on any atom is -0.233 e. The zero-order valence-electron chi connectivity index (χ0n) is 7.39. The summed E-state index contributed by atoms with van der Waals surface area (Å²) in [7, 11) is -0.311. The summed E-state index contributed by atoms with van der Waals surface area (Å²) in [5.74, 6) is 0. The zero-order chi connectivity index (χ0) is 10.1. The molecule has 74 valence electrons. The molecule has 1 aromatic rings. The molecule has 0 spiro atoms. The van der Waals surface area contributed by atoms with Gasteiger partial charge in [0.25, 0.3) is 0 Å². The summed E-state index contributed by atoms with van der Waals surface area (Å²) in [5, 5.41) is 0. The molecule has 0 aromatic heterocycles. The fourth-order valence-electron chi connectivity index (χ4n) is 0.949. The van der Waals surface area contributed by atoms with E-state index in [1.165, 1.54) is 0 Å². The fraction of sp³-hybridized carbons (Fsp3) is 0.333. The maximum absolute atomic E-state index is 12.1. The number of hydrogen-bond donors (Lipinski definition) is 1. The van der Waals surface area contributed by atoms with Crippen LogP contribution in [0.4, 0.5) is 13.2 Å². The van der Waals surface area contributed by atoms with E-state index in [9.17, 15) is 13.2 Å². The fourth-order valence-corrected chi connectivity index (χ4v) is 1.69. The van der Waals surface area contributed by atoms with Gasteiger partial charge in [-0.2, -0.15) is 13.2 Å². The van der Waals surface area contributed by atoms with Crippen molar-refractivity contribution in [1.82, 2.24) is 0 Å². The molecule has 0 aliphatic carbocycles. The van der Waals surface area contributed by atoms with Gasteiger partial charge in [-0.3, -0.25) is 0 Å². The minimum atomic E-state index is -4.22. The first-order valence-corrected chi connectivity index (χ1v) is 5.99. The van der Waals surface area contributed by atoms with E-state index >= 15 is 0 Å². The molecule has 0 N–H and O–H groups in total. The van der Waals surface area contributed by atoms with Crippen LogP contribution in [-0.2, 0) is 6.18 Å². The second-order valence-electron chi connectivity index (χ2n) is 2.94. The smallest absolute Gasteiger partial charge is 0.233 e. The van der Waals surface area contributed by atoms with E-state index in [1.54, 1.807) is 12.1 Å². The minimum absolute atomic E-state index is 0.311. The summed E-state index contributed by atoms with van der Waals surface area (Å²) in [5.41, 5.74) is -0.576. The maximum Gasteiger partial charge on any atom is 0.416 e. The molecule has 0 aliphatic heterocycles. The zero-order valence-corrected chi connectivity index (χ0v) is 8.28. The standard InChI is InChI=1S/C9H11F3S/c1-13(2)8-5-3-7(4-6-8)9(10,11)12/h3-6,13H,1-2H3. The molecular weight excluding hydrogens is 197 g/mol. The number of hydrogen-bond acceptors (Lipinski definition) is 0. The van der Waals surface area contributed by atoms with Crippen LogP contribution in [0.2, 0.25) is 0 Å². The second-order valence-corrected chi connectivity index (χ2v) is 5.24. The van der Waals surface area contributed by atoms with Crippen LogP contribution in [0.1, 0.15) is 5.56 Å². The third-order valence-electron chi connectivity index (χ3n) is 1.71. The van der Waals surface area contributed by atoms with Crippen molar-refractivity contribution in [3.8, 4) is 0 Å². The number of thiol groups is 1. The average molecular weight is 208 g/mol. The summed E-state index contributed by atoms with van der Waals surface area (Å²) in [6.45, 7) is 0. The van der Waals surface area contributed by atoms with Crippen molar-refractivity contribution in [3.63, 3.8) is 0 Å². The third-order valence-corrected chi connectivity index (χ3v) is 3.04. The lowest BCUT2D eigenvalue weighted by molar-refractivity contribution is -0.137. The molecule has 0 heterocycles. The van der Waals surface area contributed by atoms with Gasteiger partial charge in [-0.15, -0.1) is 0 Å². The first-order chi connectivity index (χ1) is 5.91. The molecule has 0 bridgehead atoms. The van der Waals surface area contributed by atoms with E-state index in [0.29, 0.717) is 0 Å². The number of benzene rings is 1. The van der Waals surface area contributed by atoms with E-state index in [2.05, 4.69) is 0 Å². The summed E-state index contributed by atoms with van der Waals surface area (Å²) < 4.78 is 36.4. The molecule has 4 heteroatoms. The van der Waals surface area contributed by atoms with E-state index < -0.39 is 11.7 Å². The topological polar surface area (TPSA) is 0 Å². The third kappa shape index (κ3) is 2.66. The predicted octanol–water partition coefficient (Wildman–Crippen LogP) is 3.33. The highest BCUT2D eigenvalue weighted by atomic mass is 32.2. The molecule has 0 saturated heterocycles. The van der Waals surface area contributed by atoms with Gasteiger partial charge in [0, 0.05) is 0 Å². The lowest BCUT2D eigenvalue weighted by atomic mass is 10.2. The molecule has 13 heavy (non-hydrogen) atoms. The number of rotatable bonds is 1. The van der Waals surface area contributed by atoms with Gasteiger partial charge in [-0.05, 0) is 41.7 Å². The van der Waals surface area contributed by atoms with Crippen LogP contribution < -0.4 is 0 Å². The van der Waals surface area contributed by atoms with E-state index in [-0.39, 0.29) is 10.9 Å². The molecule has 0 aliphatic rings.